The van der Waals surface area contributed by atoms with Gasteiger partial charge >= 0.3 is 0 Å². The number of aryl methyl sites for hydroxylation is 2. The van der Waals surface area contributed by atoms with Crippen molar-refractivity contribution in [1.29, 1.82) is 0 Å². The molecule has 1 nitrogen and oxygen atoms in total. The van der Waals surface area contributed by atoms with Gasteiger partial charge in [0, 0.05) is 15.3 Å². The molecule has 1 heterocycles. The summed E-state index contributed by atoms with van der Waals surface area (Å²) < 4.78 is 1.07. The van der Waals surface area contributed by atoms with Crippen LogP contribution in [0.5, 0.6) is 0 Å². The van der Waals surface area contributed by atoms with Gasteiger partial charge in [-0.1, -0.05) is 17.7 Å². The van der Waals surface area contributed by atoms with Gasteiger partial charge in [0.25, 0.3) is 0 Å². The minimum atomic E-state index is 0. The van der Waals surface area contributed by atoms with Gasteiger partial charge in [-0.25, -0.2) is 4.99 Å². The molecule has 0 atom stereocenters. The maximum Gasteiger partial charge on any atom is 0.171 e. The Morgan fingerprint density at radius 3 is 2.62 bits per heavy atom. The average molecular weight is 292 g/mol. The number of hydrogen-bond acceptors (Lipinski definition) is 3. The second-order valence-electron chi connectivity index (χ2n) is 3.26. The first-order valence-corrected chi connectivity index (χ1v) is 6.59. The van der Waals surface area contributed by atoms with Crippen LogP contribution in [0, 0.1) is 13.8 Å². The molecule has 16 heavy (non-hydrogen) atoms. The standard InChI is InChI=1S/C11H10ClNS2.ClH/c1-7-3-4-9(12)5-10(7)13-11-14-6-8(2)15-11;/h3-6H,1-2H3;1H. The number of nitrogens with zero attached hydrogens (tertiary/aromatic N) is 1. The zero-order valence-electron chi connectivity index (χ0n) is 8.86. The molecule has 86 valence electrons. The van der Waals surface area contributed by atoms with E-state index in [9.17, 15) is 0 Å². The zero-order chi connectivity index (χ0) is 10.8. The second-order valence-corrected chi connectivity index (χ2v) is 6.04. The van der Waals surface area contributed by atoms with E-state index in [0.29, 0.717) is 0 Å². The van der Waals surface area contributed by atoms with Crippen molar-refractivity contribution in [2.75, 3.05) is 0 Å². The van der Waals surface area contributed by atoms with E-state index in [4.69, 9.17) is 11.6 Å². The molecule has 1 aromatic carbocycles. The molecule has 1 aromatic heterocycles. The van der Waals surface area contributed by atoms with Gasteiger partial charge in [0.15, 0.2) is 3.98 Å². The molecular formula is C11H11Cl2NS2. The van der Waals surface area contributed by atoms with Crippen LogP contribution in [0.1, 0.15) is 10.4 Å². The predicted octanol–water partition coefficient (Wildman–Crippen LogP) is 4.73. The fourth-order valence-corrected chi connectivity index (χ4v) is 3.24. The third-order valence-corrected chi connectivity index (χ3v) is 4.35. The summed E-state index contributed by atoms with van der Waals surface area (Å²) in [6.07, 6.45) is 0. The Hall–Kier alpha value is -0.350. The third-order valence-electron chi connectivity index (χ3n) is 1.96. The van der Waals surface area contributed by atoms with E-state index >= 15 is 0 Å². The quantitative estimate of drug-likeness (QED) is 0.720. The van der Waals surface area contributed by atoms with E-state index in [0.717, 1.165) is 20.3 Å². The lowest BCUT2D eigenvalue weighted by molar-refractivity contribution is 1.36. The highest BCUT2D eigenvalue weighted by molar-refractivity contribution is 7.26. The molecule has 0 saturated carbocycles. The first-order chi connectivity index (χ1) is 7.15. The van der Waals surface area contributed by atoms with Crippen molar-refractivity contribution in [2.45, 2.75) is 13.8 Å². The van der Waals surface area contributed by atoms with Gasteiger partial charge in [0.2, 0.25) is 0 Å². The van der Waals surface area contributed by atoms with Crippen LogP contribution in [0.15, 0.2) is 28.6 Å². The fourth-order valence-electron chi connectivity index (χ4n) is 1.17. The van der Waals surface area contributed by atoms with Crippen molar-refractivity contribution >= 4 is 52.4 Å². The first kappa shape index (κ1) is 13.7. The van der Waals surface area contributed by atoms with Crippen molar-refractivity contribution in [3.05, 3.63) is 43.0 Å². The van der Waals surface area contributed by atoms with Gasteiger partial charge in [-0.3, -0.25) is 0 Å². The summed E-state index contributed by atoms with van der Waals surface area (Å²) in [7, 11) is 0. The molecular weight excluding hydrogens is 281 g/mol. The lowest BCUT2D eigenvalue weighted by Gasteiger charge is -1.98. The summed E-state index contributed by atoms with van der Waals surface area (Å²) >= 11 is 9.31. The second kappa shape index (κ2) is 5.82. The molecule has 0 unspecified atom stereocenters. The smallest absolute Gasteiger partial charge is 0.171 e. The van der Waals surface area contributed by atoms with Crippen molar-refractivity contribution in [1.82, 2.24) is 0 Å². The largest absolute Gasteiger partial charge is 0.227 e. The van der Waals surface area contributed by atoms with Crippen molar-refractivity contribution in [3.63, 3.8) is 0 Å². The van der Waals surface area contributed by atoms with Crippen LogP contribution in [0.2, 0.25) is 5.02 Å². The maximum atomic E-state index is 5.94. The van der Waals surface area contributed by atoms with Crippen molar-refractivity contribution in [2.24, 2.45) is 4.99 Å². The van der Waals surface area contributed by atoms with Gasteiger partial charge in [-0.15, -0.1) is 35.1 Å². The van der Waals surface area contributed by atoms with Gasteiger partial charge in [-0.2, -0.15) is 0 Å². The fraction of sp³-hybridized carbons (Fsp3) is 0.182. The highest BCUT2D eigenvalue weighted by atomic mass is 35.5. The Bertz CT molecular complexity index is 543. The number of benzene rings is 1. The number of halogens is 2. The molecule has 0 aliphatic heterocycles. The molecule has 0 spiro atoms. The predicted molar refractivity (Wildman–Crippen MR) is 75.6 cm³/mol. The van der Waals surface area contributed by atoms with Crippen LogP contribution in [0.4, 0.5) is 5.69 Å². The van der Waals surface area contributed by atoms with Gasteiger partial charge in [0.1, 0.15) is 0 Å². The van der Waals surface area contributed by atoms with Crippen LogP contribution in [-0.2, 0) is 0 Å². The van der Waals surface area contributed by atoms with E-state index in [1.807, 2.05) is 25.1 Å². The Labute approximate surface area is 114 Å². The van der Waals surface area contributed by atoms with Crippen LogP contribution in [-0.4, -0.2) is 0 Å². The molecule has 0 aliphatic carbocycles. The zero-order valence-corrected chi connectivity index (χ0v) is 12.1. The summed E-state index contributed by atoms with van der Waals surface area (Å²) in [6, 6.07) is 5.78. The van der Waals surface area contributed by atoms with Gasteiger partial charge < -0.3 is 0 Å². The molecule has 2 aromatic rings. The minimum absolute atomic E-state index is 0. The van der Waals surface area contributed by atoms with Gasteiger partial charge in [-0.05, 0) is 31.5 Å². The summed E-state index contributed by atoms with van der Waals surface area (Å²) in [6.45, 7) is 4.13. The average Bonchev–Trinajstić information content (AvgIpc) is 2.58. The lowest BCUT2D eigenvalue weighted by Crippen LogP contribution is -1.85. The summed E-state index contributed by atoms with van der Waals surface area (Å²) in [5, 5.41) is 2.85. The molecule has 0 fully saturated rings. The summed E-state index contributed by atoms with van der Waals surface area (Å²) in [5.74, 6) is 0. The summed E-state index contributed by atoms with van der Waals surface area (Å²) in [4.78, 5) is 5.87. The van der Waals surface area contributed by atoms with E-state index in [1.165, 1.54) is 4.88 Å². The molecule has 0 bridgehead atoms. The topological polar surface area (TPSA) is 12.4 Å². The van der Waals surface area contributed by atoms with Gasteiger partial charge in [0.05, 0.1) is 5.69 Å². The molecule has 0 saturated heterocycles. The van der Waals surface area contributed by atoms with Crippen LogP contribution in [0.3, 0.4) is 0 Å². The lowest BCUT2D eigenvalue weighted by atomic mass is 10.2. The first-order valence-electron chi connectivity index (χ1n) is 4.51. The SMILES string of the molecule is Cc1csc(=Nc2cc(Cl)ccc2C)s1.Cl. The monoisotopic (exact) mass is 291 g/mol. The van der Waals surface area contributed by atoms with Crippen LogP contribution >= 0.6 is 46.7 Å². The Morgan fingerprint density at radius 2 is 2.00 bits per heavy atom. The van der Waals surface area contributed by atoms with Crippen LogP contribution < -0.4 is 3.98 Å². The Balaban J connectivity index is 0.00000128. The van der Waals surface area contributed by atoms with Crippen molar-refractivity contribution < 1.29 is 0 Å². The highest BCUT2D eigenvalue weighted by Gasteiger charge is 1.98. The van der Waals surface area contributed by atoms with Crippen molar-refractivity contribution in [3.8, 4) is 0 Å². The minimum Gasteiger partial charge on any atom is -0.227 e. The molecule has 0 N–H and O–H groups in total. The van der Waals surface area contributed by atoms with E-state index in [1.54, 1.807) is 22.7 Å². The molecule has 5 heteroatoms. The maximum absolute atomic E-state index is 5.94. The normalized spacial score (nSPS) is 11.3. The van der Waals surface area contributed by atoms with Crippen LogP contribution in [0.25, 0.3) is 0 Å². The van der Waals surface area contributed by atoms with E-state index < -0.39 is 0 Å². The third kappa shape index (κ3) is 3.32. The Kier molecular flexibility index (Phi) is 4.99. The summed E-state index contributed by atoms with van der Waals surface area (Å²) in [5.41, 5.74) is 2.11. The number of hydrogen-bond donors (Lipinski definition) is 0. The molecule has 2 rings (SSSR count). The molecule has 0 aliphatic rings. The Morgan fingerprint density at radius 1 is 1.25 bits per heavy atom. The van der Waals surface area contributed by atoms with E-state index in [-0.39, 0.29) is 12.4 Å². The van der Waals surface area contributed by atoms with E-state index in [2.05, 4.69) is 17.3 Å². The molecule has 0 radical (unpaired) electrons. The molecule has 0 amide bonds. The number of rotatable bonds is 1. The highest BCUT2D eigenvalue weighted by Crippen LogP contribution is 2.23.